The number of halogens is 3. The van der Waals surface area contributed by atoms with E-state index in [2.05, 4.69) is 30.9 Å². The molecule has 0 saturated carbocycles. The molecule has 0 spiro atoms. The molecular formula is C21H23F3N6O2S. The van der Waals surface area contributed by atoms with Crippen molar-refractivity contribution in [2.75, 3.05) is 25.0 Å². The van der Waals surface area contributed by atoms with Crippen LogP contribution in [0.15, 0.2) is 30.7 Å². The van der Waals surface area contributed by atoms with Gasteiger partial charge in [0.2, 0.25) is 6.43 Å². The van der Waals surface area contributed by atoms with Crippen LogP contribution in [0.5, 0.6) is 5.75 Å². The van der Waals surface area contributed by atoms with E-state index in [1.54, 1.807) is 6.20 Å². The highest BCUT2D eigenvalue weighted by molar-refractivity contribution is 7.19. The van der Waals surface area contributed by atoms with Crippen LogP contribution in [-0.2, 0) is 0 Å². The third-order valence-electron chi connectivity index (χ3n) is 5.20. The predicted octanol–water partition coefficient (Wildman–Crippen LogP) is 3.43. The standard InChI is InChI=1S/C21H23F3N6O2S/c22-13-1-2-14(16(8-13)32-6-4-17(23)24)29-18-7-12(3-5-26-18)9-27-19(31)21-30-15-10-25-11-28-20(15)33-21/h1-2,8,10-12,17-18,26,29H,3-7,9H2,(H,27,31). The second-order valence-corrected chi connectivity index (χ2v) is 8.63. The maximum atomic E-state index is 13.6. The van der Waals surface area contributed by atoms with Crippen LogP contribution in [0, 0.1) is 11.7 Å². The number of thiazole rings is 1. The molecule has 8 nitrogen and oxygen atoms in total. The molecule has 0 radical (unpaired) electrons. The molecule has 176 valence electrons. The van der Waals surface area contributed by atoms with Gasteiger partial charge in [-0.1, -0.05) is 11.3 Å². The number of hydrogen-bond donors (Lipinski definition) is 3. The minimum absolute atomic E-state index is 0.152. The maximum absolute atomic E-state index is 13.6. The number of amides is 1. The summed E-state index contributed by atoms with van der Waals surface area (Å²) in [5.74, 6) is -0.378. The summed E-state index contributed by atoms with van der Waals surface area (Å²) >= 11 is 1.21. The Hall–Kier alpha value is -2.99. The van der Waals surface area contributed by atoms with Crippen LogP contribution in [0.4, 0.5) is 18.9 Å². The molecule has 3 heterocycles. The van der Waals surface area contributed by atoms with Gasteiger partial charge in [0.25, 0.3) is 5.91 Å². The van der Waals surface area contributed by atoms with Crippen molar-refractivity contribution in [3.63, 3.8) is 0 Å². The zero-order valence-electron chi connectivity index (χ0n) is 17.6. The van der Waals surface area contributed by atoms with E-state index < -0.39 is 18.7 Å². The first-order valence-electron chi connectivity index (χ1n) is 10.5. The number of aromatic nitrogens is 3. The highest BCUT2D eigenvalue weighted by Crippen LogP contribution is 2.28. The zero-order chi connectivity index (χ0) is 23.2. The van der Waals surface area contributed by atoms with Gasteiger partial charge in [-0.25, -0.2) is 28.1 Å². The average Bonchev–Trinajstić information content (AvgIpc) is 3.24. The highest BCUT2D eigenvalue weighted by atomic mass is 32.1. The van der Waals surface area contributed by atoms with Crippen LogP contribution >= 0.6 is 11.3 Å². The van der Waals surface area contributed by atoms with Gasteiger partial charge in [0.1, 0.15) is 28.2 Å². The van der Waals surface area contributed by atoms with Gasteiger partial charge in [0, 0.05) is 19.0 Å². The van der Waals surface area contributed by atoms with E-state index in [1.807, 2.05) is 0 Å². The minimum atomic E-state index is -2.48. The van der Waals surface area contributed by atoms with Gasteiger partial charge in [0.05, 0.1) is 24.7 Å². The van der Waals surface area contributed by atoms with Crippen LogP contribution in [0.1, 0.15) is 29.1 Å². The molecule has 33 heavy (non-hydrogen) atoms. The lowest BCUT2D eigenvalue weighted by atomic mass is 9.95. The first kappa shape index (κ1) is 23.2. The van der Waals surface area contributed by atoms with E-state index in [4.69, 9.17) is 4.74 Å². The molecule has 1 aliphatic rings. The van der Waals surface area contributed by atoms with Crippen LogP contribution in [0.3, 0.4) is 0 Å². The van der Waals surface area contributed by atoms with Crippen LogP contribution < -0.4 is 20.7 Å². The fourth-order valence-corrected chi connectivity index (χ4v) is 4.37. The van der Waals surface area contributed by atoms with Gasteiger partial charge < -0.3 is 15.4 Å². The molecule has 0 aliphatic carbocycles. The fraction of sp³-hybridized carbons (Fsp3) is 0.429. The summed E-state index contributed by atoms with van der Waals surface area (Å²) in [5.41, 5.74) is 1.10. The molecule has 4 rings (SSSR count). The molecule has 3 N–H and O–H groups in total. The van der Waals surface area contributed by atoms with E-state index >= 15 is 0 Å². The number of carbonyl (C=O) groups excluding carboxylic acids is 1. The number of ether oxygens (including phenoxy) is 1. The van der Waals surface area contributed by atoms with Gasteiger partial charge in [-0.2, -0.15) is 0 Å². The largest absolute Gasteiger partial charge is 0.491 e. The quantitative estimate of drug-likeness (QED) is 0.431. The fourth-order valence-electron chi connectivity index (χ4n) is 3.57. The molecule has 2 aromatic heterocycles. The Balaban J connectivity index is 1.31. The highest BCUT2D eigenvalue weighted by Gasteiger charge is 2.24. The van der Waals surface area contributed by atoms with Crippen molar-refractivity contribution in [3.8, 4) is 5.75 Å². The van der Waals surface area contributed by atoms with Gasteiger partial charge >= 0.3 is 0 Å². The first-order valence-corrected chi connectivity index (χ1v) is 11.3. The van der Waals surface area contributed by atoms with Crippen LogP contribution in [-0.4, -0.2) is 53.1 Å². The Morgan fingerprint density at radius 2 is 2.24 bits per heavy atom. The Morgan fingerprint density at radius 1 is 1.36 bits per heavy atom. The molecule has 1 saturated heterocycles. The SMILES string of the molecule is O=C(NCC1CCNC(Nc2ccc(F)cc2OCCC(F)F)C1)c1nc2cncnc2s1. The molecule has 1 amide bonds. The molecule has 2 atom stereocenters. The minimum Gasteiger partial charge on any atom is -0.491 e. The number of alkyl halides is 2. The summed E-state index contributed by atoms with van der Waals surface area (Å²) in [7, 11) is 0. The van der Waals surface area contributed by atoms with E-state index in [0.717, 1.165) is 13.0 Å². The lowest BCUT2D eigenvalue weighted by Crippen LogP contribution is -2.46. The first-order chi connectivity index (χ1) is 16.0. The number of nitrogens with one attached hydrogen (secondary N) is 3. The number of nitrogens with zero attached hydrogens (tertiary/aromatic N) is 3. The number of benzene rings is 1. The van der Waals surface area contributed by atoms with E-state index in [9.17, 15) is 18.0 Å². The maximum Gasteiger partial charge on any atom is 0.280 e. The third kappa shape index (κ3) is 6.29. The van der Waals surface area contributed by atoms with Crippen molar-refractivity contribution in [3.05, 3.63) is 41.5 Å². The molecular weight excluding hydrogens is 457 g/mol. The van der Waals surface area contributed by atoms with Crippen molar-refractivity contribution in [2.24, 2.45) is 5.92 Å². The van der Waals surface area contributed by atoms with Crippen molar-refractivity contribution in [1.29, 1.82) is 0 Å². The van der Waals surface area contributed by atoms with Gasteiger partial charge in [-0.3, -0.25) is 10.1 Å². The number of carbonyl (C=O) groups is 1. The number of piperidine rings is 1. The normalized spacial score (nSPS) is 18.4. The van der Waals surface area contributed by atoms with Gasteiger partial charge in [-0.05, 0) is 37.4 Å². The number of rotatable bonds is 9. The molecule has 0 bridgehead atoms. The monoisotopic (exact) mass is 480 g/mol. The van der Waals surface area contributed by atoms with Crippen molar-refractivity contribution in [2.45, 2.75) is 31.9 Å². The van der Waals surface area contributed by atoms with Crippen molar-refractivity contribution >= 4 is 33.3 Å². The number of fused-ring (bicyclic) bond motifs is 1. The lowest BCUT2D eigenvalue weighted by Gasteiger charge is -2.32. The number of hydrogen-bond acceptors (Lipinski definition) is 8. The van der Waals surface area contributed by atoms with Crippen molar-refractivity contribution in [1.82, 2.24) is 25.6 Å². The Morgan fingerprint density at radius 3 is 3.06 bits per heavy atom. The molecule has 3 aromatic rings. The predicted molar refractivity (Wildman–Crippen MR) is 118 cm³/mol. The lowest BCUT2D eigenvalue weighted by molar-refractivity contribution is 0.0942. The van der Waals surface area contributed by atoms with E-state index in [-0.39, 0.29) is 30.3 Å². The summed E-state index contributed by atoms with van der Waals surface area (Å²) in [6.07, 6.45) is 1.48. The summed E-state index contributed by atoms with van der Waals surface area (Å²) in [5, 5.41) is 9.86. The Kier molecular flexibility index (Phi) is 7.55. The molecule has 12 heteroatoms. The van der Waals surface area contributed by atoms with E-state index in [0.29, 0.717) is 34.0 Å². The van der Waals surface area contributed by atoms with Gasteiger partial charge in [0.15, 0.2) is 5.01 Å². The second-order valence-electron chi connectivity index (χ2n) is 7.65. The van der Waals surface area contributed by atoms with Gasteiger partial charge in [-0.15, -0.1) is 0 Å². The van der Waals surface area contributed by atoms with E-state index in [1.165, 1.54) is 35.9 Å². The molecule has 2 unspecified atom stereocenters. The summed E-state index contributed by atoms with van der Waals surface area (Å²) in [4.78, 5) is 25.4. The number of anilines is 1. The molecule has 1 aromatic carbocycles. The molecule has 1 fully saturated rings. The molecule has 1 aliphatic heterocycles. The summed E-state index contributed by atoms with van der Waals surface area (Å²) in [6, 6.07) is 3.98. The summed E-state index contributed by atoms with van der Waals surface area (Å²) < 4.78 is 43.8. The van der Waals surface area contributed by atoms with Crippen molar-refractivity contribution < 1.29 is 22.7 Å². The third-order valence-corrected chi connectivity index (χ3v) is 6.18. The smallest absolute Gasteiger partial charge is 0.280 e. The topological polar surface area (TPSA) is 101 Å². The zero-order valence-corrected chi connectivity index (χ0v) is 18.4. The Labute approximate surface area is 192 Å². The average molecular weight is 481 g/mol. The summed E-state index contributed by atoms with van der Waals surface area (Å²) in [6.45, 7) is 0.985. The van der Waals surface area contributed by atoms with Crippen LogP contribution in [0.25, 0.3) is 10.3 Å². The Bertz CT molecular complexity index is 1070. The second kappa shape index (κ2) is 10.8. The van der Waals surface area contributed by atoms with Crippen LogP contribution in [0.2, 0.25) is 0 Å².